The standard InChI is InChI=1S/C21H15ClF3NO3/c22-19(21(23,24)25)11-14-10-17(14)20(27)29-18(12-26)13-5-4-8-16(9-13)28-15-6-2-1-3-7-15/h1-9,11,14,17-18H,10H2/b19-11-/t14-,17-,18+/m1/s1. The number of rotatable bonds is 6. The highest BCUT2D eigenvalue weighted by molar-refractivity contribution is 6.30. The second-order valence-electron chi connectivity index (χ2n) is 6.45. The molecule has 150 valence electrons. The largest absolute Gasteiger partial charge is 0.457 e. The molecule has 8 heteroatoms. The van der Waals surface area contributed by atoms with Gasteiger partial charge in [-0.25, -0.2) is 0 Å². The number of carbonyl (C=O) groups is 1. The van der Waals surface area contributed by atoms with Crippen LogP contribution in [0.2, 0.25) is 0 Å². The molecule has 1 saturated carbocycles. The Bertz CT molecular complexity index is 954. The molecule has 2 aromatic carbocycles. The molecule has 2 aromatic rings. The van der Waals surface area contributed by atoms with E-state index in [1.54, 1.807) is 36.4 Å². The Hall–Kier alpha value is -2.98. The van der Waals surface area contributed by atoms with Gasteiger partial charge in [-0.2, -0.15) is 18.4 Å². The number of ether oxygens (including phenoxy) is 2. The Morgan fingerprint density at radius 1 is 1.17 bits per heavy atom. The van der Waals surface area contributed by atoms with E-state index in [4.69, 9.17) is 21.1 Å². The van der Waals surface area contributed by atoms with Crippen molar-refractivity contribution in [2.45, 2.75) is 18.7 Å². The molecular formula is C21H15ClF3NO3. The third-order valence-electron chi connectivity index (χ3n) is 4.26. The second-order valence-corrected chi connectivity index (χ2v) is 6.86. The van der Waals surface area contributed by atoms with Crippen LogP contribution in [0.4, 0.5) is 13.2 Å². The molecule has 0 saturated heterocycles. The van der Waals surface area contributed by atoms with Crippen LogP contribution in [0.5, 0.6) is 11.5 Å². The second kappa shape index (κ2) is 8.58. The summed E-state index contributed by atoms with van der Waals surface area (Å²) in [7, 11) is 0. The first-order valence-electron chi connectivity index (χ1n) is 8.65. The van der Waals surface area contributed by atoms with Gasteiger partial charge in [0, 0.05) is 5.56 Å². The Kier molecular flexibility index (Phi) is 6.14. The van der Waals surface area contributed by atoms with Crippen LogP contribution in [-0.4, -0.2) is 12.1 Å². The summed E-state index contributed by atoms with van der Waals surface area (Å²) in [5.41, 5.74) is 0.398. The SMILES string of the molecule is N#C[C@H](OC(=O)[C@@H]1C[C@@H]1/C=C(\Cl)C(F)(F)F)c1cccc(Oc2ccccc2)c1. The summed E-state index contributed by atoms with van der Waals surface area (Å²) < 4.78 is 48.3. The molecule has 0 amide bonds. The number of hydrogen-bond donors (Lipinski definition) is 0. The van der Waals surface area contributed by atoms with Gasteiger partial charge in [0.15, 0.2) is 0 Å². The summed E-state index contributed by atoms with van der Waals surface area (Å²) in [6.45, 7) is 0. The first kappa shape index (κ1) is 20.7. The van der Waals surface area contributed by atoms with E-state index >= 15 is 0 Å². The van der Waals surface area contributed by atoms with Crippen molar-refractivity contribution in [3.63, 3.8) is 0 Å². The molecule has 29 heavy (non-hydrogen) atoms. The summed E-state index contributed by atoms with van der Waals surface area (Å²) in [6.07, 6.45) is -4.85. The fourth-order valence-electron chi connectivity index (χ4n) is 2.69. The number of halogens is 4. The lowest BCUT2D eigenvalue weighted by Gasteiger charge is -2.13. The lowest BCUT2D eigenvalue weighted by Crippen LogP contribution is -2.13. The molecule has 4 nitrogen and oxygen atoms in total. The number of esters is 1. The Balaban J connectivity index is 1.64. The number of benzene rings is 2. The van der Waals surface area contributed by atoms with Crippen LogP contribution in [0.1, 0.15) is 18.1 Å². The predicted molar refractivity (Wildman–Crippen MR) is 99.0 cm³/mol. The van der Waals surface area contributed by atoms with Crippen molar-refractivity contribution in [2.24, 2.45) is 11.8 Å². The van der Waals surface area contributed by atoms with Gasteiger partial charge < -0.3 is 9.47 Å². The molecule has 0 spiro atoms. The van der Waals surface area contributed by atoms with E-state index in [0.717, 1.165) is 6.08 Å². The Morgan fingerprint density at radius 3 is 2.52 bits per heavy atom. The molecule has 1 aliphatic rings. The van der Waals surface area contributed by atoms with E-state index in [1.807, 2.05) is 24.3 Å². The van der Waals surface area contributed by atoms with Crippen molar-refractivity contribution in [1.29, 1.82) is 5.26 Å². The summed E-state index contributed by atoms with van der Waals surface area (Å²) >= 11 is 5.19. The maximum Gasteiger partial charge on any atom is 0.426 e. The zero-order valence-electron chi connectivity index (χ0n) is 14.9. The van der Waals surface area contributed by atoms with E-state index < -0.39 is 35.1 Å². The molecule has 0 heterocycles. The van der Waals surface area contributed by atoms with Gasteiger partial charge in [0.25, 0.3) is 0 Å². The van der Waals surface area contributed by atoms with Gasteiger partial charge in [0.2, 0.25) is 6.10 Å². The normalized spacial score (nSPS) is 19.8. The van der Waals surface area contributed by atoms with E-state index in [1.165, 1.54) is 0 Å². The summed E-state index contributed by atoms with van der Waals surface area (Å²) in [5, 5.41) is 8.12. The molecule has 0 aliphatic heterocycles. The van der Waals surface area contributed by atoms with Gasteiger partial charge >= 0.3 is 12.1 Å². The topological polar surface area (TPSA) is 59.3 Å². The number of alkyl halides is 3. The van der Waals surface area contributed by atoms with Crippen molar-refractivity contribution in [3.8, 4) is 17.6 Å². The molecule has 0 aromatic heterocycles. The minimum atomic E-state index is -4.65. The Morgan fingerprint density at radius 2 is 1.86 bits per heavy atom. The van der Waals surface area contributed by atoms with Crippen molar-refractivity contribution >= 4 is 17.6 Å². The highest BCUT2D eigenvalue weighted by Crippen LogP contribution is 2.44. The van der Waals surface area contributed by atoms with E-state index in [9.17, 15) is 23.2 Å². The highest BCUT2D eigenvalue weighted by Gasteiger charge is 2.46. The fraction of sp³-hybridized carbons (Fsp3) is 0.238. The lowest BCUT2D eigenvalue weighted by molar-refractivity contribution is -0.148. The molecule has 3 atom stereocenters. The molecule has 1 aliphatic carbocycles. The monoisotopic (exact) mass is 421 g/mol. The molecule has 3 rings (SSSR count). The summed E-state index contributed by atoms with van der Waals surface area (Å²) in [5.74, 6) is -1.08. The van der Waals surface area contributed by atoms with Crippen LogP contribution in [-0.2, 0) is 9.53 Å². The number of nitrogens with zero attached hydrogens (tertiary/aromatic N) is 1. The van der Waals surface area contributed by atoms with Gasteiger partial charge in [0.1, 0.15) is 22.6 Å². The van der Waals surface area contributed by atoms with Gasteiger partial charge in [0.05, 0.1) is 5.92 Å². The number of hydrogen-bond acceptors (Lipinski definition) is 4. The summed E-state index contributed by atoms with van der Waals surface area (Å²) in [4.78, 5) is 12.2. The fourth-order valence-corrected chi connectivity index (χ4v) is 2.85. The van der Waals surface area contributed by atoms with Crippen molar-refractivity contribution < 1.29 is 27.4 Å². The molecule has 0 unspecified atom stereocenters. The van der Waals surface area contributed by atoms with Crippen LogP contribution in [0.25, 0.3) is 0 Å². The molecule has 0 bridgehead atoms. The zero-order chi connectivity index (χ0) is 21.0. The van der Waals surface area contributed by atoms with Crippen LogP contribution < -0.4 is 4.74 Å². The van der Waals surface area contributed by atoms with Crippen molar-refractivity contribution in [1.82, 2.24) is 0 Å². The van der Waals surface area contributed by atoms with Gasteiger partial charge in [-0.1, -0.05) is 48.0 Å². The third-order valence-corrected chi connectivity index (χ3v) is 4.61. The maximum absolute atomic E-state index is 12.5. The van der Waals surface area contributed by atoms with Gasteiger partial charge in [-0.15, -0.1) is 0 Å². The number of allylic oxidation sites excluding steroid dienone is 2. The average molecular weight is 422 g/mol. The van der Waals surface area contributed by atoms with Crippen LogP contribution >= 0.6 is 11.6 Å². The quantitative estimate of drug-likeness (QED) is 0.544. The van der Waals surface area contributed by atoms with Gasteiger partial charge in [-0.05, 0) is 36.6 Å². The molecule has 1 fully saturated rings. The average Bonchev–Trinajstić information content (AvgIpc) is 3.45. The van der Waals surface area contributed by atoms with Crippen molar-refractivity contribution in [3.05, 3.63) is 71.3 Å². The molecular weight excluding hydrogens is 407 g/mol. The zero-order valence-corrected chi connectivity index (χ0v) is 15.7. The third kappa shape index (κ3) is 5.52. The summed E-state index contributed by atoms with van der Waals surface area (Å²) in [6, 6.07) is 17.4. The van der Waals surface area contributed by atoms with Crippen LogP contribution in [0, 0.1) is 23.2 Å². The number of carbonyl (C=O) groups excluding carboxylic acids is 1. The smallest absolute Gasteiger partial charge is 0.426 e. The Labute approximate surface area is 170 Å². The predicted octanol–water partition coefficient (Wildman–Crippen LogP) is 5.91. The van der Waals surface area contributed by atoms with E-state index in [-0.39, 0.29) is 6.42 Å². The number of nitriles is 1. The minimum Gasteiger partial charge on any atom is -0.457 e. The highest BCUT2D eigenvalue weighted by atomic mass is 35.5. The maximum atomic E-state index is 12.5. The molecule has 0 N–H and O–H groups in total. The van der Waals surface area contributed by atoms with Crippen LogP contribution in [0.15, 0.2) is 65.7 Å². The van der Waals surface area contributed by atoms with Gasteiger partial charge in [-0.3, -0.25) is 4.79 Å². The van der Waals surface area contributed by atoms with E-state index in [2.05, 4.69) is 0 Å². The molecule has 0 radical (unpaired) electrons. The van der Waals surface area contributed by atoms with Crippen LogP contribution in [0.3, 0.4) is 0 Å². The van der Waals surface area contributed by atoms with E-state index in [0.29, 0.717) is 17.1 Å². The minimum absolute atomic E-state index is 0.195. The lowest BCUT2D eigenvalue weighted by atomic mass is 10.1. The number of para-hydroxylation sites is 1. The van der Waals surface area contributed by atoms with Crippen molar-refractivity contribution in [2.75, 3.05) is 0 Å². The first-order valence-corrected chi connectivity index (χ1v) is 9.03. The first-order chi connectivity index (χ1) is 13.8.